The van der Waals surface area contributed by atoms with Crippen molar-refractivity contribution in [3.63, 3.8) is 0 Å². The van der Waals surface area contributed by atoms with Crippen molar-refractivity contribution in [3.8, 4) is 11.5 Å². The summed E-state index contributed by atoms with van der Waals surface area (Å²) < 4.78 is 10.4. The van der Waals surface area contributed by atoms with Crippen molar-refractivity contribution in [1.82, 2.24) is 15.5 Å². The maximum absolute atomic E-state index is 12.3. The Morgan fingerprint density at radius 2 is 1.67 bits per heavy atom. The minimum absolute atomic E-state index is 0. The summed E-state index contributed by atoms with van der Waals surface area (Å²) in [4.78, 5) is 21.7. The maximum Gasteiger partial charge on any atom is 0.251 e. The quantitative estimate of drug-likeness (QED) is 0.221. The lowest BCUT2D eigenvalue weighted by molar-refractivity contribution is 0.0954. The Hall–Kier alpha value is -2.69. The first-order valence-electron chi connectivity index (χ1n) is 11.0. The lowest BCUT2D eigenvalue weighted by Gasteiger charge is -2.37. The number of amides is 1. The molecule has 2 N–H and O–H groups in total. The van der Waals surface area contributed by atoms with Crippen LogP contribution in [0.5, 0.6) is 11.5 Å². The zero-order valence-corrected chi connectivity index (χ0v) is 21.9. The van der Waals surface area contributed by atoms with Crippen LogP contribution >= 0.6 is 24.0 Å². The average molecular weight is 567 g/mol. The van der Waals surface area contributed by atoms with Crippen LogP contribution < -0.4 is 25.0 Å². The van der Waals surface area contributed by atoms with Gasteiger partial charge < -0.3 is 29.9 Å². The van der Waals surface area contributed by atoms with Gasteiger partial charge in [-0.3, -0.25) is 9.79 Å². The van der Waals surface area contributed by atoms with E-state index in [1.165, 1.54) is 5.69 Å². The SMILES string of the molecule is CCNC(=NCCNC(=O)c1cccc(OC)c1)N1CCN(c2ccc(OC)cc2)CC1.I. The van der Waals surface area contributed by atoms with Crippen LogP contribution in [0.4, 0.5) is 5.69 Å². The van der Waals surface area contributed by atoms with Crippen molar-refractivity contribution in [1.29, 1.82) is 0 Å². The number of aliphatic imine (C=N–C) groups is 1. The Labute approximate surface area is 213 Å². The fraction of sp³-hybridized carbons (Fsp3) is 0.417. The molecule has 0 aliphatic carbocycles. The lowest BCUT2D eigenvalue weighted by Crippen LogP contribution is -2.52. The van der Waals surface area contributed by atoms with Gasteiger partial charge in [-0.25, -0.2) is 0 Å². The van der Waals surface area contributed by atoms with Gasteiger partial charge in [0.05, 0.1) is 20.8 Å². The number of methoxy groups -OCH3 is 2. The highest BCUT2D eigenvalue weighted by atomic mass is 127. The zero-order chi connectivity index (χ0) is 22.8. The van der Waals surface area contributed by atoms with Crippen LogP contribution in [-0.2, 0) is 0 Å². The Morgan fingerprint density at radius 1 is 0.970 bits per heavy atom. The number of hydrogen-bond donors (Lipinski definition) is 2. The molecule has 1 fully saturated rings. The molecule has 2 aromatic rings. The van der Waals surface area contributed by atoms with E-state index < -0.39 is 0 Å². The molecule has 1 heterocycles. The fourth-order valence-corrected chi connectivity index (χ4v) is 3.59. The fourth-order valence-electron chi connectivity index (χ4n) is 3.59. The minimum Gasteiger partial charge on any atom is -0.497 e. The summed E-state index contributed by atoms with van der Waals surface area (Å²) in [5.41, 5.74) is 1.78. The van der Waals surface area contributed by atoms with E-state index in [0.717, 1.165) is 44.4 Å². The van der Waals surface area contributed by atoms with Crippen molar-refractivity contribution in [2.24, 2.45) is 4.99 Å². The van der Waals surface area contributed by atoms with Gasteiger partial charge in [0.25, 0.3) is 5.91 Å². The molecule has 1 aliphatic rings. The van der Waals surface area contributed by atoms with E-state index in [0.29, 0.717) is 24.4 Å². The highest BCUT2D eigenvalue weighted by Gasteiger charge is 2.19. The molecule has 0 unspecified atom stereocenters. The van der Waals surface area contributed by atoms with Crippen LogP contribution in [0.2, 0.25) is 0 Å². The topological polar surface area (TPSA) is 78.4 Å². The van der Waals surface area contributed by atoms with Crippen molar-refractivity contribution < 1.29 is 14.3 Å². The first-order valence-corrected chi connectivity index (χ1v) is 11.0. The van der Waals surface area contributed by atoms with Gasteiger partial charge in [-0.05, 0) is 49.4 Å². The molecule has 1 aliphatic heterocycles. The smallest absolute Gasteiger partial charge is 0.251 e. The van der Waals surface area contributed by atoms with Gasteiger partial charge in [-0.2, -0.15) is 0 Å². The van der Waals surface area contributed by atoms with Crippen molar-refractivity contribution in [2.75, 3.05) is 64.9 Å². The molecule has 0 bridgehead atoms. The first kappa shape index (κ1) is 26.6. The molecule has 3 rings (SSSR count). The number of halogens is 1. The number of hydrogen-bond acceptors (Lipinski definition) is 5. The molecule has 0 radical (unpaired) electrons. The van der Waals surface area contributed by atoms with E-state index in [-0.39, 0.29) is 29.9 Å². The molecule has 0 saturated carbocycles. The van der Waals surface area contributed by atoms with Gasteiger partial charge in [0, 0.05) is 50.5 Å². The number of carbonyl (C=O) groups excluding carboxylic acids is 1. The highest BCUT2D eigenvalue weighted by molar-refractivity contribution is 14.0. The maximum atomic E-state index is 12.3. The second-order valence-corrected chi connectivity index (χ2v) is 7.40. The van der Waals surface area contributed by atoms with Gasteiger partial charge in [0.1, 0.15) is 11.5 Å². The number of carbonyl (C=O) groups is 1. The van der Waals surface area contributed by atoms with Crippen LogP contribution in [-0.4, -0.2) is 76.8 Å². The number of nitrogens with zero attached hydrogens (tertiary/aromatic N) is 3. The number of rotatable bonds is 8. The van der Waals surface area contributed by atoms with Gasteiger partial charge in [-0.1, -0.05) is 6.07 Å². The highest BCUT2D eigenvalue weighted by Crippen LogP contribution is 2.20. The monoisotopic (exact) mass is 567 g/mol. The van der Waals surface area contributed by atoms with Crippen molar-refractivity contribution >= 4 is 41.5 Å². The third kappa shape index (κ3) is 7.69. The van der Waals surface area contributed by atoms with Crippen LogP contribution in [0, 0.1) is 0 Å². The third-order valence-electron chi connectivity index (χ3n) is 5.34. The normalized spacial score (nSPS) is 13.7. The van der Waals surface area contributed by atoms with E-state index in [1.54, 1.807) is 32.4 Å². The summed E-state index contributed by atoms with van der Waals surface area (Å²) in [5.74, 6) is 2.29. The molecule has 9 heteroatoms. The Morgan fingerprint density at radius 3 is 2.30 bits per heavy atom. The standard InChI is InChI=1S/C24H33N5O3.HI/c1-4-25-24(27-13-12-26-23(30)19-6-5-7-22(18-19)32-3)29-16-14-28(15-17-29)20-8-10-21(31-2)11-9-20;/h5-11,18H,4,12-17H2,1-3H3,(H,25,27)(H,26,30);1H. The molecule has 0 aromatic heterocycles. The largest absolute Gasteiger partial charge is 0.497 e. The summed E-state index contributed by atoms with van der Waals surface area (Å²) in [7, 11) is 3.27. The van der Waals surface area contributed by atoms with Crippen LogP contribution in [0.25, 0.3) is 0 Å². The number of nitrogens with one attached hydrogen (secondary N) is 2. The minimum atomic E-state index is -0.128. The van der Waals surface area contributed by atoms with Crippen molar-refractivity contribution in [2.45, 2.75) is 6.92 Å². The van der Waals surface area contributed by atoms with Crippen LogP contribution in [0.3, 0.4) is 0 Å². The van der Waals surface area contributed by atoms with Crippen LogP contribution in [0.1, 0.15) is 17.3 Å². The first-order chi connectivity index (χ1) is 15.6. The van der Waals surface area contributed by atoms with Gasteiger partial charge in [0.2, 0.25) is 0 Å². The Balaban J connectivity index is 0.00000385. The predicted octanol–water partition coefficient (Wildman–Crippen LogP) is 2.84. The molecular formula is C24H34IN5O3. The number of guanidine groups is 1. The average Bonchev–Trinajstić information content (AvgIpc) is 2.86. The lowest BCUT2D eigenvalue weighted by atomic mass is 10.2. The molecule has 1 amide bonds. The Bertz CT molecular complexity index is 899. The predicted molar refractivity (Wildman–Crippen MR) is 144 cm³/mol. The van der Waals surface area contributed by atoms with Crippen molar-refractivity contribution in [3.05, 3.63) is 54.1 Å². The summed E-state index contributed by atoms with van der Waals surface area (Å²) in [5, 5.41) is 6.29. The Kier molecular flexibility index (Phi) is 11.1. The van der Waals surface area contributed by atoms with E-state index in [4.69, 9.17) is 14.5 Å². The van der Waals surface area contributed by atoms with E-state index >= 15 is 0 Å². The molecule has 180 valence electrons. The van der Waals surface area contributed by atoms with Gasteiger partial charge in [-0.15, -0.1) is 24.0 Å². The molecule has 2 aromatic carbocycles. The van der Waals surface area contributed by atoms with Crippen LogP contribution in [0.15, 0.2) is 53.5 Å². The summed E-state index contributed by atoms with van der Waals surface area (Å²) in [6.45, 7) is 7.45. The van der Waals surface area contributed by atoms with Gasteiger partial charge >= 0.3 is 0 Å². The third-order valence-corrected chi connectivity index (χ3v) is 5.34. The number of ether oxygens (including phenoxy) is 2. The number of benzene rings is 2. The molecule has 33 heavy (non-hydrogen) atoms. The summed E-state index contributed by atoms with van der Waals surface area (Å²) >= 11 is 0. The molecular weight excluding hydrogens is 533 g/mol. The van der Waals surface area contributed by atoms with E-state index in [2.05, 4.69) is 39.5 Å². The summed E-state index contributed by atoms with van der Waals surface area (Å²) in [6, 6.07) is 15.3. The second-order valence-electron chi connectivity index (χ2n) is 7.40. The zero-order valence-electron chi connectivity index (χ0n) is 19.5. The number of anilines is 1. The van der Waals surface area contributed by atoms with E-state index in [9.17, 15) is 4.79 Å². The molecule has 0 spiro atoms. The molecule has 1 saturated heterocycles. The number of piperazine rings is 1. The molecule has 8 nitrogen and oxygen atoms in total. The van der Waals surface area contributed by atoms with Gasteiger partial charge in [0.15, 0.2) is 5.96 Å². The second kappa shape index (κ2) is 13.8. The molecule has 0 atom stereocenters. The summed E-state index contributed by atoms with van der Waals surface area (Å²) in [6.07, 6.45) is 0. The van der Waals surface area contributed by atoms with E-state index in [1.807, 2.05) is 18.2 Å².